The molecule has 0 radical (unpaired) electrons. The molecule has 2 aliphatic rings. The van der Waals surface area contributed by atoms with E-state index in [1.54, 1.807) is 0 Å². The Morgan fingerprint density at radius 3 is 2.69 bits per heavy atom. The van der Waals surface area contributed by atoms with Crippen molar-refractivity contribution in [1.29, 1.82) is 0 Å². The summed E-state index contributed by atoms with van der Waals surface area (Å²) in [4.78, 5) is 0. The highest BCUT2D eigenvalue weighted by Crippen LogP contribution is 2.52. The third-order valence-corrected chi connectivity index (χ3v) is 3.87. The molecule has 0 bridgehead atoms. The van der Waals surface area contributed by atoms with Gasteiger partial charge in [-0.2, -0.15) is 13.2 Å². The van der Waals surface area contributed by atoms with Crippen molar-refractivity contribution in [3.05, 3.63) is 0 Å². The molecule has 0 spiro atoms. The number of nitrogens with one attached hydrogen (secondary N) is 1. The molecule has 1 heterocycles. The van der Waals surface area contributed by atoms with Crippen LogP contribution in [0.1, 0.15) is 26.7 Å². The van der Waals surface area contributed by atoms with Crippen LogP contribution in [0.15, 0.2) is 0 Å². The highest BCUT2D eigenvalue weighted by molar-refractivity contribution is 5.11. The highest BCUT2D eigenvalue weighted by atomic mass is 19.4. The van der Waals surface area contributed by atoms with E-state index in [9.17, 15) is 13.2 Å². The smallest absolute Gasteiger partial charge is 0.377 e. The van der Waals surface area contributed by atoms with Gasteiger partial charge in [0.05, 0.1) is 12.5 Å². The first-order valence-corrected chi connectivity index (χ1v) is 5.74. The van der Waals surface area contributed by atoms with Crippen molar-refractivity contribution in [3.8, 4) is 0 Å². The molecule has 3 unspecified atom stereocenters. The zero-order valence-corrected chi connectivity index (χ0v) is 9.60. The lowest BCUT2D eigenvalue weighted by Gasteiger charge is -2.55. The van der Waals surface area contributed by atoms with Crippen LogP contribution in [0.4, 0.5) is 13.2 Å². The van der Waals surface area contributed by atoms with E-state index in [-0.39, 0.29) is 24.1 Å². The fourth-order valence-electron chi connectivity index (χ4n) is 3.11. The second-order valence-electron chi connectivity index (χ2n) is 5.36. The Bertz CT molecular complexity index is 264. The molecule has 2 fully saturated rings. The van der Waals surface area contributed by atoms with Crippen molar-refractivity contribution in [1.82, 2.24) is 5.32 Å². The number of fused-ring (bicyclic) bond motifs is 1. The molecule has 0 amide bonds. The van der Waals surface area contributed by atoms with Crippen LogP contribution < -0.4 is 5.32 Å². The standard InChI is InChI=1S/C11H18F3NO/c1-10(2)8(7-3-6-16-9(7)10)15-5-4-11(12,13)14/h7-9,15H,3-6H2,1-2H3. The summed E-state index contributed by atoms with van der Waals surface area (Å²) in [6, 6.07) is 0.169. The van der Waals surface area contributed by atoms with E-state index in [4.69, 9.17) is 4.74 Å². The lowest BCUT2D eigenvalue weighted by Crippen LogP contribution is -2.66. The molecule has 5 heteroatoms. The van der Waals surface area contributed by atoms with Crippen LogP contribution in [0.3, 0.4) is 0 Å². The van der Waals surface area contributed by atoms with Gasteiger partial charge in [-0.3, -0.25) is 0 Å². The van der Waals surface area contributed by atoms with Gasteiger partial charge in [0.2, 0.25) is 0 Å². The van der Waals surface area contributed by atoms with Crippen LogP contribution in [0.2, 0.25) is 0 Å². The van der Waals surface area contributed by atoms with Gasteiger partial charge in [0.15, 0.2) is 0 Å². The Hall–Kier alpha value is -0.290. The van der Waals surface area contributed by atoms with Crippen LogP contribution in [-0.4, -0.2) is 31.5 Å². The molecule has 0 aromatic carbocycles. The van der Waals surface area contributed by atoms with Crippen molar-refractivity contribution < 1.29 is 17.9 Å². The Balaban J connectivity index is 1.82. The monoisotopic (exact) mass is 237 g/mol. The van der Waals surface area contributed by atoms with Gasteiger partial charge in [-0.05, 0) is 6.42 Å². The van der Waals surface area contributed by atoms with Gasteiger partial charge in [0, 0.05) is 30.5 Å². The molecule has 16 heavy (non-hydrogen) atoms. The van der Waals surface area contributed by atoms with E-state index in [2.05, 4.69) is 19.2 Å². The first kappa shape index (κ1) is 12.2. The Morgan fingerprint density at radius 2 is 2.06 bits per heavy atom. The molecular formula is C11H18F3NO. The van der Waals surface area contributed by atoms with Crippen molar-refractivity contribution in [2.45, 2.75) is 45.0 Å². The molecular weight excluding hydrogens is 219 g/mol. The van der Waals surface area contributed by atoms with Gasteiger partial charge < -0.3 is 10.1 Å². The SMILES string of the molecule is CC1(C)C(NCCC(F)(F)F)C2CCOC21. The van der Waals surface area contributed by atoms with Gasteiger partial charge in [-0.1, -0.05) is 13.8 Å². The van der Waals surface area contributed by atoms with Crippen LogP contribution in [0.5, 0.6) is 0 Å². The molecule has 1 saturated heterocycles. The molecule has 1 aliphatic carbocycles. The molecule has 2 nitrogen and oxygen atoms in total. The first-order chi connectivity index (χ1) is 7.32. The minimum atomic E-state index is -4.06. The Kier molecular flexibility index (Phi) is 2.95. The molecule has 1 aliphatic heterocycles. The summed E-state index contributed by atoms with van der Waals surface area (Å²) >= 11 is 0. The van der Waals surface area contributed by atoms with E-state index < -0.39 is 12.6 Å². The zero-order chi connectivity index (χ0) is 12.0. The fraction of sp³-hybridized carbons (Fsp3) is 1.00. The summed E-state index contributed by atoms with van der Waals surface area (Å²) in [6.07, 6.45) is -3.61. The van der Waals surface area contributed by atoms with E-state index in [1.807, 2.05) is 0 Å². The third kappa shape index (κ3) is 2.07. The number of rotatable bonds is 3. The molecule has 94 valence electrons. The van der Waals surface area contributed by atoms with Crippen molar-refractivity contribution in [3.63, 3.8) is 0 Å². The normalized spacial score (nSPS) is 36.9. The predicted octanol–water partition coefficient (Wildman–Crippen LogP) is 2.34. The molecule has 1 saturated carbocycles. The molecule has 2 rings (SSSR count). The van der Waals surface area contributed by atoms with Gasteiger partial charge in [-0.25, -0.2) is 0 Å². The average Bonchev–Trinajstić information content (AvgIpc) is 2.56. The lowest BCUT2D eigenvalue weighted by molar-refractivity contribution is -0.140. The van der Waals surface area contributed by atoms with Crippen LogP contribution >= 0.6 is 0 Å². The summed E-state index contributed by atoms with van der Waals surface area (Å²) in [6.45, 7) is 4.88. The van der Waals surface area contributed by atoms with Gasteiger partial charge in [0.1, 0.15) is 0 Å². The zero-order valence-electron chi connectivity index (χ0n) is 9.60. The largest absolute Gasteiger partial charge is 0.390 e. The quantitative estimate of drug-likeness (QED) is 0.813. The number of hydrogen-bond acceptors (Lipinski definition) is 2. The maximum absolute atomic E-state index is 12.0. The van der Waals surface area contributed by atoms with Crippen molar-refractivity contribution in [2.24, 2.45) is 11.3 Å². The maximum Gasteiger partial charge on any atom is 0.390 e. The summed E-state index contributed by atoms with van der Waals surface area (Å²) < 4.78 is 41.7. The predicted molar refractivity (Wildman–Crippen MR) is 54.1 cm³/mol. The van der Waals surface area contributed by atoms with Crippen LogP contribution in [0.25, 0.3) is 0 Å². The minimum Gasteiger partial charge on any atom is -0.377 e. The molecule has 0 aromatic heterocycles. The average molecular weight is 237 g/mol. The van der Waals surface area contributed by atoms with E-state index >= 15 is 0 Å². The van der Waals surface area contributed by atoms with E-state index in [0.29, 0.717) is 5.92 Å². The first-order valence-electron chi connectivity index (χ1n) is 5.74. The highest BCUT2D eigenvalue weighted by Gasteiger charge is 2.58. The maximum atomic E-state index is 12.0. The lowest BCUT2D eigenvalue weighted by atomic mass is 9.57. The van der Waals surface area contributed by atoms with E-state index in [1.165, 1.54) is 0 Å². The minimum absolute atomic E-state index is 0.0147. The molecule has 3 atom stereocenters. The molecule has 1 N–H and O–H groups in total. The number of alkyl halides is 3. The summed E-state index contributed by atoms with van der Waals surface area (Å²) in [5.74, 6) is 0.406. The second-order valence-corrected chi connectivity index (χ2v) is 5.36. The van der Waals surface area contributed by atoms with Crippen LogP contribution in [-0.2, 0) is 4.74 Å². The number of ether oxygens (including phenoxy) is 1. The molecule has 0 aromatic rings. The van der Waals surface area contributed by atoms with Gasteiger partial charge in [0.25, 0.3) is 0 Å². The van der Waals surface area contributed by atoms with Gasteiger partial charge in [-0.15, -0.1) is 0 Å². The number of hydrogen-bond donors (Lipinski definition) is 1. The number of halogens is 3. The summed E-state index contributed by atoms with van der Waals surface area (Å²) in [7, 11) is 0. The van der Waals surface area contributed by atoms with E-state index in [0.717, 1.165) is 13.0 Å². The second kappa shape index (κ2) is 3.88. The topological polar surface area (TPSA) is 21.3 Å². The Morgan fingerprint density at radius 1 is 1.38 bits per heavy atom. The summed E-state index contributed by atoms with van der Waals surface area (Å²) in [5.41, 5.74) is -0.0350. The fourth-order valence-corrected chi connectivity index (χ4v) is 3.11. The Labute approximate surface area is 93.5 Å². The third-order valence-electron chi connectivity index (χ3n) is 3.87. The van der Waals surface area contributed by atoms with Crippen LogP contribution in [0, 0.1) is 11.3 Å². The van der Waals surface area contributed by atoms with Crippen molar-refractivity contribution >= 4 is 0 Å². The van der Waals surface area contributed by atoms with Gasteiger partial charge >= 0.3 is 6.18 Å². The summed E-state index contributed by atoms with van der Waals surface area (Å²) in [5, 5.41) is 3.04. The van der Waals surface area contributed by atoms with Crippen molar-refractivity contribution in [2.75, 3.05) is 13.2 Å².